The van der Waals surface area contributed by atoms with Crippen molar-refractivity contribution in [3.63, 3.8) is 0 Å². The van der Waals surface area contributed by atoms with E-state index in [1.807, 2.05) is 11.8 Å². The minimum atomic E-state index is -4.53. The average molecular weight is 290 g/mol. The van der Waals surface area contributed by atoms with E-state index in [1.54, 1.807) is 0 Å². The van der Waals surface area contributed by atoms with Crippen molar-refractivity contribution in [1.29, 1.82) is 0 Å². The van der Waals surface area contributed by atoms with Crippen LogP contribution in [0.15, 0.2) is 18.2 Å². The standard InChI is InChI=1S/C14H18F4N2/c1-9-3-2-4-11(8-19)20(9)13-6-5-10(7-12(13)15)14(16,17)18/h5-7,9,11H,2-4,8,19H2,1H3. The topological polar surface area (TPSA) is 29.3 Å². The van der Waals surface area contributed by atoms with Crippen LogP contribution in [0, 0.1) is 5.82 Å². The molecule has 0 saturated carbocycles. The lowest BCUT2D eigenvalue weighted by atomic mass is 9.95. The fourth-order valence-corrected chi connectivity index (χ4v) is 2.85. The molecular weight excluding hydrogens is 272 g/mol. The van der Waals surface area contributed by atoms with E-state index in [0.717, 1.165) is 25.3 Å². The Labute approximate surface area is 115 Å². The largest absolute Gasteiger partial charge is 0.416 e. The van der Waals surface area contributed by atoms with Crippen molar-refractivity contribution in [2.24, 2.45) is 5.73 Å². The number of hydrogen-bond acceptors (Lipinski definition) is 2. The van der Waals surface area contributed by atoms with Crippen LogP contribution in [0.25, 0.3) is 0 Å². The molecule has 112 valence electrons. The molecule has 1 saturated heterocycles. The summed E-state index contributed by atoms with van der Waals surface area (Å²) in [4.78, 5) is 1.82. The highest BCUT2D eigenvalue weighted by Crippen LogP contribution is 2.35. The minimum absolute atomic E-state index is 0.0232. The van der Waals surface area contributed by atoms with Gasteiger partial charge in [-0.3, -0.25) is 0 Å². The molecule has 2 nitrogen and oxygen atoms in total. The number of alkyl halides is 3. The van der Waals surface area contributed by atoms with Crippen LogP contribution in [0.2, 0.25) is 0 Å². The average Bonchev–Trinajstić information content (AvgIpc) is 2.38. The number of rotatable bonds is 2. The molecule has 2 unspecified atom stereocenters. The lowest BCUT2D eigenvalue weighted by Gasteiger charge is -2.42. The molecule has 1 heterocycles. The lowest BCUT2D eigenvalue weighted by molar-refractivity contribution is -0.137. The quantitative estimate of drug-likeness (QED) is 0.844. The first-order valence-electron chi connectivity index (χ1n) is 6.69. The highest BCUT2D eigenvalue weighted by atomic mass is 19.4. The van der Waals surface area contributed by atoms with E-state index in [0.29, 0.717) is 12.6 Å². The van der Waals surface area contributed by atoms with E-state index in [2.05, 4.69) is 0 Å². The Hall–Kier alpha value is -1.30. The lowest BCUT2D eigenvalue weighted by Crippen LogP contribution is -2.49. The molecule has 1 fully saturated rings. The third-order valence-electron chi connectivity index (χ3n) is 3.85. The van der Waals surface area contributed by atoms with Crippen LogP contribution in [0.1, 0.15) is 31.7 Å². The smallest absolute Gasteiger partial charge is 0.362 e. The monoisotopic (exact) mass is 290 g/mol. The van der Waals surface area contributed by atoms with Crippen molar-refractivity contribution in [3.8, 4) is 0 Å². The van der Waals surface area contributed by atoms with E-state index in [-0.39, 0.29) is 17.8 Å². The number of nitrogens with two attached hydrogens (primary N) is 1. The SMILES string of the molecule is CC1CCCC(CN)N1c1ccc(C(F)(F)F)cc1F. The summed E-state index contributed by atoms with van der Waals surface area (Å²) in [6.07, 6.45) is -1.81. The molecule has 2 N–H and O–H groups in total. The Balaban J connectivity index is 2.36. The molecule has 0 bridgehead atoms. The van der Waals surface area contributed by atoms with Gasteiger partial charge in [-0.25, -0.2) is 4.39 Å². The Morgan fingerprint density at radius 2 is 2.00 bits per heavy atom. The van der Waals surface area contributed by atoms with E-state index < -0.39 is 17.6 Å². The van der Waals surface area contributed by atoms with Crippen molar-refractivity contribution >= 4 is 5.69 Å². The van der Waals surface area contributed by atoms with Crippen LogP contribution in [-0.4, -0.2) is 18.6 Å². The third-order valence-corrected chi connectivity index (χ3v) is 3.85. The maximum absolute atomic E-state index is 14.1. The van der Waals surface area contributed by atoms with Gasteiger partial charge in [-0.05, 0) is 44.4 Å². The van der Waals surface area contributed by atoms with Crippen molar-refractivity contribution < 1.29 is 17.6 Å². The number of anilines is 1. The molecule has 1 aliphatic rings. The Kier molecular flexibility index (Phi) is 4.22. The van der Waals surface area contributed by atoms with Gasteiger partial charge in [0.2, 0.25) is 0 Å². The number of benzene rings is 1. The molecule has 1 aromatic rings. The van der Waals surface area contributed by atoms with Crippen molar-refractivity contribution in [2.75, 3.05) is 11.4 Å². The van der Waals surface area contributed by atoms with Crippen molar-refractivity contribution in [3.05, 3.63) is 29.6 Å². The van der Waals surface area contributed by atoms with Crippen LogP contribution in [0.3, 0.4) is 0 Å². The number of nitrogens with zero attached hydrogens (tertiary/aromatic N) is 1. The van der Waals surface area contributed by atoms with E-state index >= 15 is 0 Å². The molecular formula is C14H18F4N2. The zero-order valence-corrected chi connectivity index (χ0v) is 11.3. The second-order valence-electron chi connectivity index (χ2n) is 5.24. The van der Waals surface area contributed by atoms with Gasteiger partial charge < -0.3 is 10.6 Å². The second kappa shape index (κ2) is 5.60. The first-order valence-corrected chi connectivity index (χ1v) is 6.69. The third kappa shape index (κ3) is 2.90. The minimum Gasteiger partial charge on any atom is -0.362 e. The Morgan fingerprint density at radius 1 is 1.30 bits per heavy atom. The summed E-state index contributed by atoms with van der Waals surface area (Å²) in [7, 11) is 0. The van der Waals surface area contributed by atoms with Gasteiger partial charge in [0.15, 0.2) is 0 Å². The van der Waals surface area contributed by atoms with Crippen LogP contribution < -0.4 is 10.6 Å². The highest BCUT2D eigenvalue weighted by molar-refractivity contribution is 5.52. The summed E-state index contributed by atoms with van der Waals surface area (Å²) in [5.74, 6) is -0.841. The zero-order valence-electron chi connectivity index (χ0n) is 11.3. The maximum Gasteiger partial charge on any atom is 0.416 e. The van der Waals surface area contributed by atoms with Crippen molar-refractivity contribution in [1.82, 2.24) is 0 Å². The number of piperidine rings is 1. The van der Waals surface area contributed by atoms with Crippen LogP contribution in [-0.2, 0) is 6.18 Å². The van der Waals surface area contributed by atoms with Gasteiger partial charge in [-0.2, -0.15) is 13.2 Å². The number of halogens is 4. The predicted molar refractivity (Wildman–Crippen MR) is 70.0 cm³/mol. The Morgan fingerprint density at radius 3 is 2.55 bits per heavy atom. The summed E-state index contributed by atoms with van der Waals surface area (Å²) in [5, 5.41) is 0. The van der Waals surface area contributed by atoms with Gasteiger partial charge in [0.1, 0.15) is 5.82 Å². The normalized spacial score (nSPS) is 24.0. The maximum atomic E-state index is 14.1. The molecule has 6 heteroatoms. The number of hydrogen-bond donors (Lipinski definition) is 1. The first-order chi connectivity index (χ1) is 9.34. The summed E-state index contributed by atoms with van der Waals surface area (Å²) >= 11 is 0. The van der Waals surface area contributed by atoms with Crippen molar-refractivity contribution in [2.45, 2.75) is 44.4 Å². The zero-order chi connectivity index (χ0) is 14.9. The molecule has 0 aliphatic carbocycles. The molecule has 0 amide bonds. The van der Waals surface area contributed by atoms with Gasteiger partial charge >= 0.3 is 6.18 Å². The van der Waals surface area contributed by atoms with E-state index in [1.165, 1.54) is 6.07 Å². The van der Waals surface area contributed by atoms with Gasteiger partial charge in [0.05, 0.1) is 11.3 Å². The highest BCUT2D eigenvalue weighted by Gasteiger charge is 2.33. The van der Waals surface area contributed by atoms with Crippen LogP contribution >= 0.6 is 0 Å². The molecule has 0 spiro atoms. The molecule has 20 heavy (non-hydrogen) atoms. The van der Waals surface area contributed by atoms with Gasteiger partial charge in [-0.15, -0.1) is 0 Å². The van der Waals surface area contributed by atoms with Gasteiger partial charge in [0, 0.05) is 18.6 Å². The Bertz CT molecular complexity index is 473. The fraction of sp³-hybridized carbons (Fsp3) is 0.571. The second-order valence-corrected chi connectivity index (χ2v) is 5.24. The van der Waals surface area contributed by atoms with Gasteiger partial charge in [-0.1, -0.05) is 0 Å². The molecule has 0 radical (unpaired) electrons. The molecule has 2 rings (SSSR count). The summed E-state index contributed by atoms with van der Waals surface area (Å²) in [5.41, 5.74) is 4.94. The first kappa shape index (κ1) is 15.1. The van der Waals surface area contributed by atoms with E-state index in [4.69, 9.17) is 5.73 Å². The molecule has 1 aromatic carbocycles. The summed E-state index contributed by atoms with van der Waals surface area (Å²) in [6, 6.07) is 2.74. The summed E-state index contributed by atoms with van der Waals surface area (Å²) < 4.78 is 51.7. The van der Waals surface area contributed by atoms with Crippen LogP contribution in [0.5, 0.6) is 0 Å². The molecule has 0 aromatic heterocycles. The van der Waals surface area contributed by atoms with Gasteiger partial charge in [0.25, 0.3) is 0 Å². The fourth-order valence-electron chi connectivity index (χ4n) is 2.85. The molecule has 1 aliphatic heterocycles. The molecule has 2 atom stereocenters. The van der Waals surface area contributed by atoms with E-state index in [9.17, 15) is 17.6 Å². The summed E-state index contributed by atoms with van der Waals surface area (Å²) in [6.45, 7) is 2.31. The van der Waals surface area contributed by atoms with Crippen LogP contribution in [0.4, 0.5) is 23.2 Å². The predicted octanol–water partition coefficient (Wildman–Crippen LogP) is 3.55.